The van der Waals surface area contributed by atoms with Crippen LogP contribution < -0.4 is 15.0 Å². The molecule has 3 aromatic heterocycles. The normalized spacial score (nSPS) is 11.2. The number of aromatic nitrogens is 3. The van der Waals surface area contributed by atoms with Gasteiger partial charge in [0.05, 0.1) is 27.1 Å². The molecule has 0 spiro atoms. The number of fused-ring (bicyclic) bond motifs is 1. The molecule has 0 aliphatic heterocycles. The van der Waals surface area contributed by atoms with E-state index in [9.17, 15) is 9.59 Å². The van der Waals surface area contributed by atoms with Crippen LogP contribution in [-0.4, -0.2) is 57.9 Å². The maximum atomic E-state index is 15.1. The van der Waals surface area contributed by atoms with Crippen LogP contribution in [0.25, 0.3) is 20.8 Å². The first-order chi connectivity index (χ1) is 20.8. The van der Waals surface area contributed by atoms with Gasteiger partial charge in [0.15, 0.2) is 11.6 Å². The van der Waals surface area contributed by atoms with Gasteiger partial charge in [-0.05, 0) is 43.4 Å². The Balaban J connectivity index is 1.24. The monoisotopic (exact) mass is 600 g/mol. The Morgan fingerprint density at radius 3 is 2.56 bits per heavy atom. The largest absolute Gasteiger partial charge is 0.453 e. The van der Waals surface area contributed by atoms with Crippen molar-refractivity contribution < 1.29 is 18.7 Å². The number of carbonyl (C=O) groups excluding carboxylic acids is 2. The third-order valence-electron chi connectivity index (χ3n) is 7.10. The topological polar surface area (TPSA) is 92.6 Å². The van der Waals surface area contributed by atoms with Crippen molar-refractivity contribution in [2.75, 3.05) is 36.9 Å². The van der Waals surface area contributed by atoms with Crippen LogP contribution in [0.2, 0.25) is 0 Å². The van der Waals surface area contributed by atoms with E-state index in [2.05, 4.69) is 38.6 Å². The predicted octanol–water partition coefficient (Wildman–Crippen LogP) is 6.42. The number of carbonyl (C=O) groups is 2. The lowest BCUT2D eigenvalue weighted by Gasteiger charge is -2.17. The van der Waals surface area contributed by atoms with Crippen molar-refractivity contribution in [2.24, 2.45) is 0 Å². The fourth-order valence-corrected chi connectivity index (χ4v) is 5.59. The van der Waals surface area contributed by atoms with Gasteiger partial charge < -0.3 is 24.4 Å². The zero-order valence-corrected chi connectivity index (χ0v) is 25.1. The van der Waals surface area contributed by atoms with Gasteiger partial charge in [0, 0.05) is 56.0 Å². The summed E-state index contributed by atoms with van der Waals surface area (Å²) in [7, 11) is 1.60. The number of hydrogen-bond donors (Lipinski definition) is 1. The van der Waals surface area contributed by atoms with Crippen LogP contribution in [0.1, 0.15) is 20.3 Å². The van der Waals surface area contributed by atoms with Gasteiger partial charge >= 0.3 is 0 Å². The molecule has 0 bridgehead atoms. The Hall–Kier alpha value is -4.61. The van der Waals surface area contributed by atoms with Crippen LogP contribution in [0.4, 0.5) is 15.8 Å². The lowest BCUT2D eigenvalue weighted by atomic mass is 10.2. The third-order valence-corrected chi connectivity index (χ3v) is 8.26. The van der Waals surface area contributed by atoms with E-state index in [1.807, 2.05) is 36.8 Å². The number of nitrogens with zero attached hydrogens (tertiary/aromatic N) is 5. The van der Waals surface area contributed by atoms with Gasteiger partial charge in [0.25, 0.3) is 0 Å². The Bertz CT molecular complexity index is 1720. The molecule has 0 radical (unpaired) electrons. The number of para-hydroxylation sites is 1. The van der Waals surface area contributed by atoms with Crippen molar-refractivity contribution in [1.82, 2.24) is 19.4 Å². The van der Waals surface area contributed by atoms with Gasteiger partial charge in [-0.25, -0.2) is 9.37 Å². The molecule has 0 saturated carbocycles. The van der Waals surface area contributed by atoms with E-state index in [-0.39, 0.29) is 23.8 Å². The lowest BCUT2D eigenvalue weighted by molar-refractivity contribution is -0.125. The fourth-order valence-electron chi connectivity index (χ4n) is 4.56. The summed E-state index contributed by atoms with van der Waals surface area (Å²) in [6.07, 6.45) is 5.10. The summed E-state index contributed by atoms with van der Waals surface area (Å²) in [6.45, 7) is 8.13. The molecule has 0 saturated heterocycles. The van der Waals surface area contributed by atoms with Crippen molar-refractivity contribution in [3.63, 3.8) is 0 Å². The molecule has 1 N–H and O–H groups in total. The van der Waals surface area contributed by atoms with Crippen LogP contribution in [-0.2, 0) is 16.1 Å². The third kappa shape index (κ3) is 7.25. The maximum absolute atomic E-state index is 15.1. The number of amides is 2. The van der Waals surface area contributed by atoms with Crippen LogP contribution in [0.15, 0.2) is 79.4 Å². The van der Waals surface area contributed by atoms with E-state index in [0.717, 1.165) is 47.0 Å². The van der Waals surface area contributed by atoms with Gasteiger partial charge in [-0.1, -0.05) is 32.0 Å². The van der Waals surface area contributed by atoms with Gasteiger partial charge in [-0.15, -0.1) is 11.3 Å². The number of anilines is 2. The molecule has 0 unspecified atom stereocenters. The summed E-state index contributed by atoms with van der Waals surface area (Å²) in [5.74, 6) is -1.11. The molecule has 0 fully saturated rings. The number of rotatable bonds is 12. The first kappa shape index (κ1) is 29.9. The first-order valence-electron chi connectivity index (χ1n) is 14.1. The Kier molecular flexibility index (Phi) is 9.43. The summed E-state index contributed by atoms with van der Waals surface area (Å²) in [5.41, 5.74) is 2.47. The number of imidazole rings is 1. The maximum Gasteiger partial charge on any atom is 0.236 e. The highest BCUT2D eigenvalue weighted by molar-refractivity contribution is 7.22. The van der Waals surface area contributed by atoms with Crippen LogP contribution in [0.5, 0.6) is 11.5 Å². The molecule has 0 atom stereocenters. The predicted molar refractivity (Wildman–Crippen MR) is 168 cm³/mol. The molecule has 9 nitrogen and oxygen atoms in total. The first-order valence-corrected chi connectivity index (χ1v) is 14.9. The number of thiophene rings is 1. The van der Waals surface area contributed by atoms with E-state index in [1.54, 1.807) is 31.4 Å². The molecule has 5 aromatic rings. The molecule has 0 aliphatic carbocycles. The Labute approximate surface area is 253 Å². The van der Waals surface area contributed by atoms with E-state index in [1.165, 1.54) is 34.4 Å². The lowest BCUT2D eigenvalue weighted by Crippen LogP contribution is -2.30. The van der Waals surface area contributed by atoms with E-state index in [4.69, 9.17) is 4.74 Å². The van der Waals surface area contributed by atoms with E-state index in [0.29, 0.717) is 11.4 Å². The second-order valence-corrected chi connectivity index (χ2v) is 11.0. The molecule has 222 valence electrons. The van der Waals surface area contributed by atoms with Gasteiger partial charge in [0.2, 0.25) is 11.8 Å². The molecular formula is C32H33FN6O3S. The number of ether oxygens (including phenoxy) is 1. The average Bonchev–Trinajstić information content (AvgIpc) is 3.67. The minimum atomic E-state index is -0.654. The second-order valence-electron chi connectivity index (χ2n) is 9.92. The van der Waals surface area contributed by atoms with E-state index >= 15 is 4.39 Å². The van der Waals surface area contributed by atoms with Gasteiger partial charge in [-0.3, -0.25) is 14.6 Å². The van der Waals surface area contributed by atoms with Crippen molar-refractivity contribution in [1.29, 1.82) is 0 Å². The summed E-state index contributed by atoms with van der Waals surface area (Å²) in [6, 6.07) is 16.8. The number of hydrogen-bond acceptors (Lipinski definition) is 7. The quantitative estimate of drug-likeness (QED) is 0.166. The summed E-state index contributed by atoms with van der Waals surface area (Å²) >= 11 is 1.48. The molecule has 11 heteroatoms. The number of halogens is 1. The molecule has 43 heavy (non-hydrogen) atoms. The highest BCUT2D eigenvalue weighted by atomic mass is 32.1. The average molecular weight is 601 g/mol. The Morgan fingerprint density at radius 1 is 1.02 bits per heavy atom. The summed E-state index contributed by atoms with van der Waals surface area (Å²) in [4.78, 5) is 38.7. The van der Waals surface area contributed by atoms with Gasteiger partial charge in [0.1, 0.15) is 12.2 Å². The Morgan fingerprint density at radius 2 is 1.81 bits per heavy atom. The van der Waals surface area contributed by atoms with Crippen LogP contribution in [0.3, 0.4) is 0 Å². The van der Waals surface area contributed by atoms with Gasteiger partial charge in [-0.2, -0.15) is 0 Å². The molecule has 2 aromatic carbocycles. The molecular weight excluding hydrogens is 567 g/mol. The SMILES string of the molecule is CCN(CC)CCn1cnc(-c2cc3nccc(Oc4ccc(NC(=O)CC(=O)N(C)c5ccccc5)cc4F)c3s2)c1. The number of likely N-dealkylation sites (N-methyl/N-ethyl adjacent to an activating group) is 1. The second kappa shape index (κ2) is 13.6. The number of pyridine rings is 1. The van der Waals surface area contributed by atoms with Crippen molar-refractivity contribution >= 4 is 44.7 Å². The summed E-state index contributed by atoms with van der Waals surface area (Å²) < 4.78 is 23.9. The summed E-state index contributed by atoms with van der Waals surface area (Å²) in [5, 5.41) is 2.58. The highest BCUT2D eigenvalue weighted by Crippen LogP contribution is 2.39. The zero-order chi connectivity index (χ0) is 30.3. The van der Waals surface area contributed by atoms with Crippen molar-refractivity contribution in [3.05, 3.63) is 85.2 Å². The number of nitrogens with one attached hydrogen (secondary N) is 1. The number of benzene rings is 2. The van der Waals surface area contributed by atoms with Crippen molar-refractivity contribution in [2.45, 2.75) is 26.8 Å². The fraction of sp³-hybridized carbons (Fsp3) is 0.250. The molecule has 3 heterocycles. The standard InChI is InChI=1S/C32H33FN6O3S/c1-4-38(5-2)15-16-39-20-26(35-21-39)29-18-25-32(43-29)28(13-14-34-25)42-27-12-11-22(17-24(27)33)36-30(40)19-31(41)37(3)23-9-7-6-8-10-23/h6-14,17-18,20-21H,4-5,15-16,19H2,1-3H3,(H,36,40). The zero-order valence-electron chi connectivity index (χ0n) is 24.3. The van der Waals surface area contributed by atoms with Crippen LogP contribution in [0, 0.1) is 5.82 Å². The molecule has 0 aliphatic rings. The highest BCUT2D eigenvalue weighted by Gasteiger charge is 2.17. The van der Waals surface area contributed by atoms with E-state index < -0.39 is 11.7 Å². The molecule has 2 amide bonds. The van der Waals surface area contributed by atoms with Crippen LogP contribution >= 0.6 is 11.3 Å². The minimum absolute atomic E-state index is 0.000941. The minimum Gasteiger partial charge on any atom is -0.453 e. The van der Waals surface area contributed by atoms with Crippen molar-refractivity contribution in [3.8, 4) is 22.1 Å². The molecule has 5 rings (SSSR count). The smallest absolute Gasteiger partial charge is 0.236 e.